The zero-order chi connectivity index (χ0) is 10.8. The number of benzene rings is 1. The lowest BCUT2D eigenvalue weighted by Crippen LogP contribution is -2.21. The van der Waals surface area contributed by atoms with Crippen molar-refractivity contribution in [2.45, 2.75) is 19.8 Å². The normalized spacial score (nSPS) is 25.8. The molecular formula is C13H20N2. The Morgan fingerprint density at radius 1 is 1.33 bits per heavy atom. The number of hydrogen-bond donors (Lipinski definition) is 2. The molecule has 1 aliphatic rings. The zero-order valence-electron chi connectivity index (χ0n) is 9.59. The van der Waals surface area contributed by atoms with Crippen molar-refractivity contribution in [1.82, 2.24) is 5.32 Å². The number of hydrogen-bond acceptors (Lipinski definition) is 2. The molecule has 2 unspecified atom stereocenters. The highest BCUT2D eigenvalue weighted by Crippen LogP contribution is 2.30. The molecule has 0 aliphatic carbocycles. The minimum absolute atomic E-state index is 0.602. The van der Waals surface area contributed by atoms with Gasteiger partial charge in [-0.2, -0.15) is 0 Å². The maximum absolute atomic E-state index is 5.81. The van der Waals surface area contributed by atoms with Crippen molar-refractivity contribution >= 4 is 0 Å². The minimum Gasteiger partial charge on any atom is -0.330 e. The molecule has 3 N–H and O–H groups in total. The van der Waals surface area contributed by atoms with E-state index in [1.807, 2.05) is 0 Å². The van der Waals surface area contributed by atoms with Crippen molar-refractivity contribution in [1.29, 1.82) is 0 Å². The van der Waals surface area contributed by atoms with Gasteiger partial charge in [-0.05, 0) is 44.0 Å². The molecule has 1 heterocycles. The third-order valence-electron chi connectivity index (χ3n) is 3.48. The second kappa shape index (κ2) is 4.33. The number of aryl methyl sites for hydroxylation is 2. The van der Waals surface area contributed by atoms with E-state index >= 15 is 0 Å². The summed E-state index contributed by atoms with van der Waals surface area (Å²) in [6.07, 6.45) is 0. The SMILES string of the molecule is Cc1ccc(C)c(C2CNCC2CN)c1. The fourth-order valence-corrected chi connectivity index (χ4v) is 2.50. The van der Waals surface area contributed by atoms with Crippen LogP contribution in [0.3, 0.4) is 0 Å². The summed E-state index contributed by atoms with van der Waals surface area (Å²) in [6.45, 7) is 7.27. The molecule has 0 aromatic heterocycles. The van der Waals surface area contributed by atoms with Crippen LogP contribution in [0.15, 0.2) is 18.2 Å². The first-order valence-corrected chi connectivity index (χ1v) is 5.70. The molecule has 0 spiro atoms. The molecule has 0 radical (unpaired) electrons. The van der Waals surface area contributed by atoms with E-state index in [2.05, 4.69) is 37.4 Å². The molecule has 1 fully saturated rings. The first-order chi connectivity index (χ1) is 7.22. The standard InChI is InChI=1S/C13H20N2/c1-9-3-4-10(2)12(5-9)13-8-15-7-11(13)6-14/h3-5,11,13,15H,6-8,14H2,1-2H3. The molecule has 15 heavy (non-hydrogen) atoms. The predicted octanol–water partition coefficient (Wildman–Crippen LogP) is 1.57. The van der Waals surface area contributed by atoms with E-state index < -0.39 is 0 Å². The highest BCUT2D eigenvalue weighted by Gasteiger charge is 2.28. The molecule has 2 atom stereocenters. The Hall–Kier alpha value is -0.860. The van der Waals surface area contributed by atoms with E-state index in [9.17, 15) is 0 Å². The number of nitrogens with one attached hydrogen (secondary N) is 1. The Balaban J connectivity index is 2.31. The molecule has 0 amide bonds. The fraction of sp³-hybridized carbons (Fsp3) is 0.538. The summed E-state index contributed by atoms with van der Waals surface area (Å²) in [5.74, 6) is 1.21. The lowest BCUT2D eigenvalue weighted by atomic mass is 9.86. The summed E-state index contributed by atoms with van der Waals surface area (Å²) in [7, 11) is 0. The maximum atomic E-state index is 5.81. The number of rotatable bonds is 2. The van der Waals surface area contributed by atoms with Gasteiger partial charge in [0.1, 0.15) is 0 Å². The van der Waals surface area contributed by atoms with E-state index in [1.165, 1.54) is 16.7 Å². The maximum Gasteiger partial charge on any atom is 0.00240 e. The van der Waals surface area contributed by atoms with Crippen molar-refractivity contribution in [3.63, 3.8) is 0 Å². The number of nitrogens with two attached hydrogens (primary N) is 1. The molecule has 1 saturated heterocycles. The monoisotopic (exact) mass is 204 g/mol. The molecule has 2 rings (SSSR count). The molecule has 1 aromatic carbocycles. The third-order valence-corrected chi connectivity index (χ3v) is 3.48. The van der Waals surface area contributed by atoms with Gasteiger partial charge in [-0.15, -0.1) is 0 Å². The molecule has 2 nitrogen and oxygen atoms in total. The van der Waals surface area contributed by atoms with Crippen LogP contribution >= 0.6 is 0 Å². The van der Waals surface area contributed by atoms with E-state index in [0.717, 1.165) is 19.6 Å². The van der Waals surface area contributed by atoms with Crippen LogP contribution < -0.4 is 11.1 Å². The van der Waals surface area contributed by atoms with Crippen LogP contribution in [0.25, 0.3) is 0 Å². The topological polar surface area (TPSA) is 38.0 Å². The Morgan fingerprint density at radius 3 is 2.87 bits per heavy atom. The van der Waals surface area contributed by atoms with E-state index in [1.54, 1.807) is 0 Å². The second-order valence-corrected chi connectivity index (χ2v) is 4.62. The lowest BCUT2D eigenvalue weighted by Gasteiger charge is -2.19. The van der Waals surface area contributed by atoms with Gasteiger partial charge in [-0.25, -0.2) is 0 Å². The van der Waals surface area contributed by atoms with Gasteiger partial charge in [0.2, 0.25) is 0 Å². The van der Waals surface area contributed by atoms with Crippen LogP contribution in [0.4, 0.5) is 0 Å². The average molecular weight is 204 g/mol. The van der Waals surface area contributed by atoms with Crippen molar-refractivity contribution in [3.8, 4) is 0 Å². The van der Waals surface area contributed by atoms with Crippen LogP contribution in [-0.2, 0) is 0 Å². The van der Waals surface area contributed by atoms with E-state index in [0.29, 0.717) is 11.8 Å². The smallest absolute Gasteiger partial charge is 0.00240 e. The summed E-state index contributed by atoms with van der Waals surface area (Å²) < 4.78 is 0. The molecular weight excluding hydrogens is 184 g/mol. The molecule has 1 aliphatic heterocycles. The Kier molecular flexibility index (Phi) is 3.08. The van der Waals surface area contributed by atoms with Crippen LogP contribution in [0.2, 0.25) is 0 Å². The lowest BCUT2D eigenvalue weighted by molar-refractivity contribution is 0.529. The first kappa shape index (κ1) is 10.7. The van der Waals surface area contributed by atoms with Crippen molar-refractivity contribution in [3.05, 3.63) is 34.9 Å². The zero-order valence-corrected chi connectivity index (χ0v) is 9.59. The summed E-state index contributed by atoms with van der Waals surface area (Å²) in [5, 5.41) is 3.44. The predicted molar refractivity (Wildman–Crippen MR) is 64.1 cm³/mol. The van der Waals surface area contributed by atoms with Crippen LogP contribution in [0.1, 0.15) is 22.6 Å². The average Bonchev–Trinajstić information content (AvgIpc) is 2.69. The van der Waals surface area contributed by atoms with Gasteiger partial charge in [0, 0.05) is 12.5 Å². The van der Waals surface area contributed by atoms with E-state index in [4.69, 9.17) is 5.73 Å². The highest BCUT2D eigenvalue weighted by atomic mass is 14.9. The quantitative estimate of drug-likeness (QED) is 0.767. The molecule has 82 valence electrons. The summed E-state index contributed by atoms with van der Waals surface area (Å²) in [5.41, 5.74) is 10.0. The van der Waals surface area contributed by atoms with Crippen LogP contribution in [0, 0.1) is 19.8 Å². The van der Waals surface area contributed by atoms with Crippen molar-refractivity contribution in [2.24, 2.45) is 11.7 Å². The summed E-state index contributed by atoms with van der Waals surface area (Å²) in [4.78, 5) is 0. The summed E-state index contributed by atoms with van der Waals surface area (Å²) >= 11 is 0. The van der Waals surface area contributed by atoms with Gasteiger partial charge < -0.3 is 11.1 Å². The van der Waals surface area contributed by atoms with E-state index in [-0.39, 0.29) is 0 Å². The van der Waals surface area contributed by atoms with Crippen molar-refractivity contribution < 1.29 is 0 Å². The van der Waals surface area contributed by atoms with Gasteiger partial charge in [0.15, 0.2) is 0 Å². The third kappa shape index (κ3) is 2.06. The van der Waals surface area contributed by atoms with Crippen LogP contribution in [-0.4, -0.2) is 19.6 Å². The highest BCUT2D eigenvalue weighted by molar-refractivity contribution is 5.34. The van der Waals surface area contributed by atoms with Gasteiger partial charge in [0.25, 0.3) is 0 Å². The van der Waals surface area contributed by atoms with Gasteiger partial charge >= 0.3 is 0 Å². The fourth-order valence-electron chi connectivity index (χ4n) is 2.50. The first-order valence-electron chi connectivity index (χ1n) is 5.70. The van der Waals surface area contributed by atoms with Gasteiger partial charge in [-0.1, -0.05) is 23.8 Å². The Bertz CT molecular complexity index is 346. The molecule has 2 heteroatoms. The Labute approximate surface area is 91.9 Å². The Morgan fingerprint density at radius 2 is 2.13 bits per heavy atom. The summed E-state index contributed by atoms with van der Waals surface area (Å²) in [6, 6.07) is 6.71. The van der Waals surface area contributed by atoms with Gasteiger partial charge in [-0.3, -0.25) is 0 Å². The second-order valence-electron chi connectivity index (χ2n) is 4.62. The van der Waals surface area contributed by atoms with Gasteiger partial charge in [0.05, 0.1) is 0 Å². The molecule has 1 aromatic rings. The minimum atomic E-state index is 0.602. The van der Waals surface area contributed by atoms with Crippen molar-refractivity contribution in [2.75, 3.05) is 19.6 Å². The van der Waals surface area contributed by atoms with Crippen LogP contribution in [0.5, 0.6) is 0 Å². The molecule has 0 saturated carbocycles. The molecule has 0 bridgehead atoms. The largest absolute Gasteiger partial charge is 0.330 e.